The summed E-state index contributed by atoms with van der Waals surface area (Å²) in [5, 5.41) is 6.32. The van der Waals surface area contributed by atoms with Gasteiger partial charge < -0.3 is 9.64 Å². The molecule has 0 spiro atoms. The molecule has 3 aliphatic heterocycles. The molecule has 6 nitrogen and oxygen atoms in total. The van der Waals surface area contributed by atoms with Crippen LogP contribution in [0.25, 0.3) is 0 Å². The van der Waals surface area contributed by atoms with Gasteiger partial charge in [-0.25, -0.2) is 9.38 Å². The number of halogens is 2. The number of hydrogen-bond donors (Lipinski definition) is 0. The summed E-state index contributed by atoms with van der Waals surface area (Å²) in [6.07, 6.45) is -0.330. The average Bonchev–Trinajstić information content (AvgIpc) is 2.84. The zero-order valence-electron chi connectivity index (χ0n) is 15.6. The number of amidine groups is 2. The molecule has 5 rings (SSSR count). The highest BCUT2D eigenvalue weighted by Gasteiger charge is 2.40. The van der Waals surface area contributed by atoms with Crippen molar-refractivity contribution >= 4 is 39.0 Å². The fourth-order valence-electron chi connectivity index (χ4n) is 4.03. The number of benzene rings is 2. The summed E-state index contributed by atoms with van der Waals surface area (Å²) in [5.74, 6) is 1.11. The lowest BCUT2D eigenvalue weighted by atomic mass is 10.1. The van der Waals surface area contributed by atoms with Crippen molar-refractivity contribution < 1.29 is 9.13 Å². The van der Waals surface area contributed by atoms with Crippen molar-refractivity contribution in [2.24, 2.45) is 10.1 Å². The second-order valence-corrected chi connectivity index (χ2v) is 7.82. The van der Waals surface area contributed by atoms with Crippen LogP contribution in [0.4, 0.5) is 15.8 Å². The maximum Gasteiger partial charge on any atom is 0.221 e. The molecule has 0 radical (unpaired) electrons. The van der Waals surface area contributed by atoms with E-state index in [0.717, 1.165) is 27.2 Å². The Morgan fingerprint density at radius 1 is 1.18 bits per heavy atom. The highest BCUT2D eigenvalue weighted by Crippen LogP contribution is 2.38. The van der Waals surface area contributed by atoms with Crippen LogP contribution in [0.5, 0.6) is 0 Å². The van der Waals surface area contributed by atoms with Crippen LogP contribution in [0.2, 0.25) is 0 Å². The van der Waals surface area contributed by atoms with Crippen LogP contribution in [0.3, 0.4) is 0 Å². The Labute approximate surface area is 171 Å². The minimum absolute atomic E-state index is 0.293. The van der Waals surface area contributed by atoms with Gasteiger partial charge in [0.2, 0.25) is 6.29 Å². The Morgan fingerprint density at radius 3 is 2.82 bits per heavy atom. The fourth-order valence-corrected chi connectivity index (χ4v) is 4.50. The van der Waals surface area contributed by atoms with Crippen LogP contribution in [-0.2, 0) is 11.3 Å². The molecule has 1 unspecified atom stereocenters. The number of hydrogen-bond acceptors (Lipinski definition) is 6. The molecule has 0 fully saturated rings. The van der Waals surface area contributed by atoms with Crippen molar-refractivity contribution in [2.75, 3.05) is 30.0 Å². The van der Waals surface area contributed by atoms with Crippen molar-refractivity contribution in [1.82, 2.24) is 5.01 Å². The predicted molar refractivity (Wildman–Crippen MR) is 111 cm³/mol. The Bertz CT molecular complexity index is 1020. The Morgan fingerprint density at radius 2 is 1.96 bits per heavy atom. The van der Waals surface area contributed by atoms with Crippen molar-refractivity contribution in [3.05, 3.63) is 57.8 Å². The van der Waals surface area contributed by atoms with Gasteiger partial charge >= 0.3 is 0 Å². The smallest absolute Gasteiger partial charge is 0.221 e. The van der Waals surface area contributed by atoms with Gasteiger partial charge in [0.25, 0.3) is 0 Å². The number of ether oxygens (including phenoxy) is 1. The molecule has 144 valence electrons. The minimum Gasteiger partial charge on any atom is -0.375 e. The first-order valence-corrected chi connectivity index (χ1v) is 9.92. The number of aliphatic imine (C=N–C) groups is 1. The molecule has 28 heavy (non-hydrogen) atoms. The van der Waals surface area contributed by atoms with E-state index in [4.69, 9.17) is 9.73 Å². The standard InChI is InChI=1S/C20H19BrFN5O/c1-12-24-25(2)20-23-19(18-15(22)6-4-8-17(18)27(12)20)26-9-10-28-11-13-14(21)5-3-7-16(13)26/h3-8,20H,9-11H2,1-2H3. The van der Waals surface area contributed by atoms with E-state index in [1.807, 2.05) is 43.1 Å². The predicted octanol–water partition coefficient (Wildman–Crippen LogP) is 3.75. The third-order valence-electron chi connectivity index (χ3n) is 5.27. The van der Waals surface area contributed by atoms with Gasteiger partial charge in [-0.3, -0.25) is 9.91 Å². The molecule has 1 atom stereocenters. The van der Waals surface area contributed by atoms with E-state index >= 15 is 4.39 Å². The van der Waals surface area contributed by atoms with Gasteiger partial charge in [0.05, 0.1) is 24.5 Å². The summed E-state index contributed by atoms with van der Waals surface area (Å²) < 4.78 is 21.9. The summed E-state index contributed by atoms with van der Waals surface area (Å²) in [6.45, 7) is 3.54. The molecule has 0 bridgehead atoms. The highest BCUT2D eigenvalue weighted by atomic mass is 79.9. The first-order valence-electron chi connectivity index (χ1n) is 9.13. The first-order chi connectivity index (χ1) is 13.6. The summed E-state index contributed by atoms with van der Waals surface area (Å²) in [5.41, 5.74) is 3.29. The van der Waals surface area contributed by atoms with Gasteiger partial charge in [0, 0.05) is 29.3 Å². The molecule has 8 heteroatoms. The fraction of sp³-hybridized carbons (Fsp3) is 0.300. The van der Waals surface area contributed by atoms with Crippen molar-refractivity contribution in [3.8, 4) is 0 Å². The van der Waals surface area contributed by atoms with E-state index in [1.165, 1.54) is 6.07 Å². The number of fused-ring (bicyclic) bond motifs is 4. The maximum absolute atomic E-state index is 15.1. The van der Waals surface area contributed by atoms with Gasteiger partial charge in [-0.2, -0.15) is 5.10 Å². The average molecular weight is 444 g/mol. The summed E-state index contributed by atoms with van der Waals surface area (Å²) >= 11 is 3.62. The van der Waals surface area contributed by atoms with Gasteiger partial charge in [0.15, 0.2) is 0 Å². The lowest BCUT2D eigenvalue weighted by molar-refractivity contribution is 0.133. The van der Waals surface area contributed by atoms with Crippen LogP contribution < -0.4 is 9.80 Å². The third-order valence-corrected chi connectivity index (χ3v) is 6.02. The molecule has 0 saturated carbocycles. The topological polar surface area (TPSA) is 43.7 Å². The molecule has 0 aliphatic carbocycles. The van der Waals surface area contributed by atoms with Crippen LogP contribution in [0.15, 0.2) is 51.0 Å². The lowest BCUT2D eigenvalue weighted by Crippen LogP contribution is -2.47. The largest absolute Gasteiger partial charge is 0.375 e. The van der Waals surface area contributed by atoms with Gasteiger partial charge in [-0.15, -0.1) is 0 Å². The third kappa shape index (κ3) is 2.55. The molecule has 3 heterocycles. The molecule has 0 aromatic heterocycles. The van der Waals surface area contributed by atoms with E-state index in [-0.39, 0.29) is 12.1 Å². The molecule has 2 aromatic rings. The normalized spacial score (nSPS) is 20.9. The molecular weight excluding hydrogens is 425 g/mol. The lowest BCUT2D eigenvalue weighted by Gasteiger charge is -2.37. The maximum atomic E-state index is 15.1. The molecule has 0 N–H and O–H groups in total. The van der Waals surface area contributed by atoms with Crippen LogP contribution in [0, 0.1) is 5.82 Å². The van der Waals surface area contributed by atoms with Gasteiger partial charge in [0.1, 0.15) is 17.5 Å². The van der Waals surface area contributed by atoms with E-state index < -0.39 is 0 Å². The van der Waals surface area contributed by atoms with Crippen molar-refractivity contribution in [3.63, 3.8) is 0 Å². The quantitative estimate of drug-likeness (QED) is 0.621. The zero-order chi connectivity index (χ0) is 19.4. The zero-order valence-corrected chi connectivity index (χ0v) is 17.1. The Balaban J connectivity index is 1.72. The highest BCUT2D eigenvalue weighted by molar-refractivity contribution is 9.10. The monoisotopic (exact) mass is 443 g/mol. The summed E-state index contributed by atoms with van der Waals surface area (Å²) in [4.78, 5) is 8.97. The van der Waals surface area contributed by atoms with Crippen LogP contribution in [-0.4, -0.2) is 43.2 Å². The van der Waals surface area contributed by atoms with E-state index in [2.05, 4.69) is 25.9 Å². The second-order valence-electron chi connectivity index (χ2n) is 6.97. The number of rotatable bonds is 0. The number of nitrogens with zero attached hydrogens (tertiary/aromatic N) is 5. The van der Waals surface area contributed by atoms with E-state index in [0.29, 0.717) is 31.2 Å². The molecule has 2 aromatic carbocycles. The Kier molecular flexibility index (Phi) is 4.13. The van der Waals surface area contributed by atoms with Crippen molar-refractivity contribution in [1.29, 1.82) is 0 Å². The minimum atomic E-state index is -0.330. The molecule has 0 saturated heterocycles. The van der Waals surface area contributed by atoms with Crippen LogP contribution in [0.1, 0.15) is 18.1 Å². The molecule has 0 amide bonds. The molecule has 3 aliphatic rings. The Hall–Kier alpha value is -2.45. The summed E-state index contributed by atoms with van der Waals surface area (Å²) in [6, 6.07) is 11.1. The number of hydrazone groups is 1. The van der Waals surface area contributed by atoms with Crippen LogP contribution >= 0.6 is 15.9 Å². The van der Waals surface area contributed by atoms with Crippen molar-refractivity contribution in [2.45, 2.75) is 19.8 Å². The van der Waals surface area contributed by atoms with Gasteiger partial charge in [-0.1, -0.05) is 28.1 Å². The van der Waals surface area contributed by atoms with Gasteiger partial charge in [-0.05, 0) is 31.2 Å². The SMILES string of the molecule is CC1=NN(C)C2N=C(N3CCOCc4c(Br)cccc43)c3c(F)cccc3N12. The number of anilines is 2. The van der Waals surface area contributed by atoms with E-state index in [1.54, 1.807) is 11.1 Å². The summed E-state index contributed by atoms with van der Waals surface area (Å²) in [7, 11) is 1.88. The first kappa shape index (κ1) is 17.6. The second kappa shape index (κ2) is 6.56. The van der Waals surface area contributed by atoms with E-state index in [9.17, 15) is 0 Å². The molecular formula is C20H19BrFN5O.